The van der Waals surface area contributed by atoms with Crippen LogP contribution in [0, 0.1) is 0 Å². The lowest BCUT2D eigenvalue weighted by molar-refractivity contribution is 1.01. The summed E-state index contributed by atoms with van der Waals surface area (Å²) in [6, 6.07) is 37.8. The number of rotatable bonds is 1. The Morgan fingerprint density at radius 3 is 1.14 bits per heavy atom. The Bertz CT molecular complexity index is 1030. The van der Waals surface area contributed by atoms with Crippen LogP contribution in [-0.2, 0) is 7.05 Å². The molecule has 5 rings (SSSR count). The van der Waals surface area contributed by atoms with Gasteiger partial charge in [-0.2, -0.15) is 0 Å². The molecule has 148 valence electrons. The summed E-state index contributed by atoms with van der Waals surface area (Å²) in [6.07, 6.45) is 0. The van der Waals surface area contributed by atoms with Gasteiger partial charge in [0.05, 0.1) is 0 Å². The van der Waals surface area contributed by atoms with Crippen molar-refractivity contribution >= 4 is 21.8 Å². The molecule has 0 saturated heterocycles. The molecule has 1 heterocycles. The first-order valence-corrected chi connectivity index (χ1v) is 9.87. The Hall–Kier alpha value is -3.32. The molecule has 1 aromatic heterocycles. The lowest BCUT2D eigenvalue weighted by atomic mass is 10.1. The minimum atomic E-state index is 0. The summed E-state index contributed by atoms with van der Waals surface area (Å²) in [5.41, 5.74) is 5.15. The third-order valence-corrected chi connectivity index (χ3v) is 4.70. The Labute approximate surface area is 175 Å². The average Bonchev–Trinajstić information content (AvgIpc) is 3.10. The summed E-state index contributed by atoms with van der Waals surface area (Å²) >= 11 is 0. The summed E-state index contributed by atoms with van der Waals surface area (Å²) in [6.45, 7) is 4.00. The molecular weight excluding hydrogens is 350 g/mol. The summed E-state index contributed by atoms with van der Waals surface area (Å²) in [7, 11) is 2.12. The first-order chi connectivity index (χ1) is 13.8. The highest BCUT2D eigenvalue weighted by atomic mass is 14.9. The number of para-hydroxylation sites is 2. The maximum atomic E-state index is 2.24. The van der Waals surface area contributed by atoms with Crippen LogP contribution in [0.1, 0.15) is 21.3 Å². The van der Waals surface area contributed by atoms with Gasteiger partial charge in [-0.25, -0.2) is 0 Å². The van der Waals surface area contributed by atoms with Crippen molar-refractivity contribution in [2.75, 3.05) is 0 Å². The maximum absolute atomic E-state index is 2.24. The molecule has 0 spiro atoms. The second kappa shape index (κ2) is 10.9. The molecule has 0 unspecified atom stereocenters. The van der Waals surface area contributed by atoms with Gasteiger partial charge < -0.3 is 4.57 Å². The topological polar surface area (TPSA) is 4.93 Å². The zero-order valence-electron chi connectivity index (χ0n) is 16.8. The van der Waals surface area contributed by atoms with Crippen LogP contribution < -0.4 is 0 Å². The van der Waals surface area contributed by atoms with Crippen LogP contribution in [0.2, 0.25) is 0 Å². The van der Waals surface area contributed by atoms with Crippen molar-refractivity contribution in [2.24, 2.45) is 7.05 Å². The zero-order chi connectivity index (χ0) is 19.8. The van der Waals surface area contributed by atoms with Crippen LogP contribution in [-0.4, -0.2) is 4.57 Å². The molecule has 0 fully saturated rings. The molecule has 0 bridgehead atoms. The van der Waals surface area contributed by atoms with Gasteiger partial charge in [0, 0.05) is 28.9 Å². The van der Waals surface area contributed by atoms with E-state index in [-0.39, 0.29) is 7.43 Å². The van der Waals surface area contributed by atoms with Gasteiger partial charge in [-0.15, -0.1) is 0 Å². The van der Waals surface area contributed by atoms with Gasteiger partial charge in [0.15, 0.2) is 0 Å². The summed E-state index contributed by atoms with van der Waals surface area (Å²) in [5, 5.41) is 2.68. The summed E-state index contributed by atoms with van der Waals surface area (Å²) < 4.78 is 2.24. The molecule has 5 aromatic rings. The lowest BCUT2D eigenvalue weighted by Gasteiger charge is -1.98. The Balaban J connectivity index is 0.000000187. The summed E-state index contributed by atoms with van der Waals surface area (Å²) in [4.78, 5) is 0. The normalized spacial score (nSPS) is 9.62. The monoisotopic (exact) mass is 381 g/mol. The smallest absolute Gasteiger partial charge is 0.0488 e. The van der Waals surface area contributed by atoms with Gasteiger partial charge >= 0.3 is 0 Å². The highest BCUT2D eigenvalue weighted by Crippen LogP contribution is 2.27. The van der Waals surface area contributed by atoms with E-state index in [0.717, 1.165) is 0 Å². The molecule has 0 saturated carbocycles. The molecule has 0 aliphatic heterocycles. The average molecular weight is 382 g/mol. The highest BCUT2D eigenvalue weighted by molar-refractivity contribution is 6.07. The minimum absolute atomic E-state index is 0. The van der Waals surface area contributed by atoms with Crippen LogP contribution >= 0.6 is 0 Å². The predicted octanol–water partition coefficient (Wildman–Crippen LogP) is 8.35. The van der Waals surface area contributed by atoms with E-state index in [9.17, 15) is 0 Å². The molecule has 29 heavy (non-hydrogen) atoms. The zero-order valence-corrected chi connectivity index (χ0v) is 16.8. The quantitative estimate of drug-likeness (QED) is 0.275. The second-order valence-electron chi connectivity index (χ2n) is 6.33. The molecule has 0 N–H and O–H groups in total. The van der Waals surface area contributed by atoms with Crippen molar-refractivity contribution in [1.82, 2.24) is 4.57 Å². The van der Waals surface area contributed by atoms with Gasteiger partial charge in [-0.1, -0.05) is 118 Å². The van der Waals surface area contributed by atoms with Crippen LogP contribution in [0.25, 0.3) is 32.9 Å². The molecule has 0 amide bonds. The minimum Gasteiger partial charge on any atom is -0.344 e. The SMILES string of the molecule is C.CC.Cn1c2ccccc2c2ccccc21.c1ccc(-c2ccccc2)cc1. The molecule has 1 nitrogen and oxygen atoms in total. The van der Waals surface area contributed by atoms with Gasteiger partial charge in [0.1, 0.15) is 0 Å². The van der Waals surface area contributed by atoms with Crippen molar-refractivity contribution < 1.29 is 0 Å². The molecule has 1 heteroatoms. The van der Waals surface area contributed by atoms with Crippen LogP contribution in [0.15, 0.2) is 109 Å². The molecule has 0 radical (unpaired) electrons. The third kappa shape index (κ3) is 4.94. The van der Waals surface area contributed by atoms with E-state index in [1.807, 2.05) is 26.0 Å². The molecule has 0 aliphatic carbocycles. The van der Waals surface area contributed by atoms with E-state index in [2.05, 4.69) is 109 Å². The Kier molecular flexibility index (Phi) is 8.24. The number of hydrogen-bond acceptors (Lipinski definition) is 0. The van der Waals surface area contributed by atoms with Crippen molar-refractivity contribution in [3.63, 3.8) is 0 Å². The fourth-order valence-corrected chi connectivity index (χ4v) is 3.38. The number of nitrogens with zero attached hydrogens (tertiary/aromatic N) is 1. The molecular formula is C28H31N. The maximum Gasteiger partial charge on any atom is 0.0488 e. The lowest BCUT2D eigenvalue weighted by Crippen LogP contribution is -1.84. The van der Waals surface area contributed by atoms with E-state index in [4.69, 9.17) is 0 Å². The van der Waals surface area contributed by atoms with Gasteiger partial charge in [0.25, 0.3) is 0 Å². The highest BCUT2D eigenvalue weighted by Gasteiger charge is 2.04. The van der Waals surface area contributed by atoms with E-state index in [0.29, 0.717) is 0 Å². The van der Waals surface area contributed by atoms with Gasteiger partial charge in [0.2, 0.25) is 0 Å². The Morgan fingerprint density at radius 2 is 0.759 bits per heavy atom. The molecule has 0 aliphatic rings. The predicted molar refractivity (Wildman–Crippen MR) is 130 cm³/mol. The Morgan fingerprint density at radius 1 is 0.448 bits per heavy atom. The number of aryl methyl sites for hydroxylation is 1. The van der Waals surface area contributed by atoms with E-state index in [1.54, 1.807) is 0 Å². The fourth-order valence-electron chi connectivity index (χ4n) is 3.38. The van der Waals surface area contributed by atoms with Gasteiger partial charge in [-0.05, 0) is 23.3 Å². The first kappa shape index (κ1) is 22.0. The van der Waals surface area contributed by atoms with Crippen molar-refractivity contribution in [2.45, 2.75) is 21.3 Å². The van der Waals surface area contributed by atoms with Crippen molar-refractivity contribution in [3.05, 3.63) is 109 Å². The van der Waals surface area contributed by atoms with Crippen LogP contribution in [0.4, 0.5) is 0 Å². The van der Waals surface area contributed by atoms with Crippen molar-refractivity contribution in [3.8, 4) is 11.1 Å². The van der Waals surface area contributed by atoms with Crippen LogP contribution in [0.3, 0.4) is 0 Å². The third-order valence-electron chi connectivity index (χ3n) is 4.70. The molecule has 4 aromatic carbocycles. The number of aromatic nitrogens is 1. The number of benzene rings is 4. The van der Waals surface area contributed by atoms with E-state index < -0.39 is 0 Å². The van der Waals surface area contributed by atoms with Crippen LogP contribution in [0.5, 0.6) is 0 Å². The molecule has 0 atom stereocenters. The first-order valence-electron chi connectivity index (χ1n) is 9.87. The van der Waals surface area contributed by atoms with E-state index >= 15 is 0 Å². The fraction of sp³-hybridized carbons (Fsp3) is 0.143. The number of fused-ring (bicyclic) bond motifs is 3. The van der Waals surface area contributed by atoms with Gasteiger partial charge in [-0.3, -0.25) is 0 Å². The summed E-state index contributed by atoms with van der Waals surface area (Å²) in [5.74, 6) is 0. The second-order valence-corrected chi connectivity index (χ2v) is 6.33. The number of hydrogen-bond donors (Lipinski definition) is 0. The van der Waals surface area contributed by atoms with Crippen molar-refractivity contribution in [1.29, 1.82) is 0 Å². The largest absolute Gasteiger partial charge is 0.344 e. The van der Waals surface area contributed by atoms with E-state index in [1.165, 1.54) is 32.9 Å². The standard InChI is InChI=1S/C13H11N.C12H10.C2H6.CH4/c1-14-12-8-4-2-6-10(12)11-7-3-5-9-13(11)14;1-3-7-11(8-4-1)12-9-5-2-6-10-12;1-2;/h2-9H,1H3;1-10H;1-2H3;1H4.